The number of amides is 1. The van der Waals surface area contributed by atoms with Crippen molar-refractivity contribution >= 4 is 17.0 Å². The fourth-order valence-corrected chi connectivity index (χ4v) is 2.96. The van der Waals surface area contributed by atoms with Crippen molar-refractivity contribution in [1.82, 2.24) is 15.0 Å². The van der Waals surface area contributed by atoms with Crippen molar-refractivity contribution in [2.75, 3.05) is 26.3 Å². The van der Waals surface area contributed by atoms with E-state index >= 15 is 0 Å². The van der Waals surface area contributed by atoms with Crippen LogP contribution >= 0.6 is 0 Å². The van der Waals surface area contributed by atoms with E-state index in [0.717, 1.165) is 5.56 Å². The molecule has 0 saturated carbocycles. The Balaban J connectivity index is 1.86. The lowest BCUT2D eigenvalue weighted by atomic mass is 10.0. The number of rotatable bonds is 2. The van der Waals surface area contributed by atoms with Gasteiger partial charge in [-0.05, 0) is 13.0 Å². The van der Waals surface area contributed by atoms with Crippen molar-refractivity contribution in [2.45, 2.75) is 6.92 Å². The van der Waals surface area contributed by atoms with E-state index in [1.54, 1.807) is 4.90 Å². The molecular weight excluding hydrogens is 306 g/mol. The molecule has 0 bridgehead atoms. The molecule has 1 aliphatic heterocycles. The van der Waals surface area contributed by atoms with Crippen molar-refractivity contribution in [1.29, 1.82) is 0 Å². The van der Waals surface area contributed by atoms with Crippen LogP contribution in [0.25, 0.3) is 22.4 Å². The highest BCUT2D eigenvalue weighted by Crippen LogP contribution is 2.28. The molecule has 1 aliphatic rings. The number of ether oxygens (including phenoxy) is 1. The fourth-order valence-electron chi connectivity index (χ4n) is 2.96. The summed E-state index contributed by atoms with van der Waals surface area (Å²) in [5.41, 5.74) is 3.29. The van der Waals surface area contributed by atoms with E-state index in [1.165, 1.54) is 0 Å². The molecule has 0 aliphatic carbocycles. The van der Waals surface area contributed by atoms with Gasteiger partial charge in [-0.15, -0.1) is 0 Å². The molecule has 0 radical (unpaired) electrons. The minimum atomic E-state index is -0.0332. The molecule has 3 aromatic rings. The van der Waals surface area contributed by atoms with Gasteiger partial charge in [0, 0.05) is 18.7 Å². The van der Waals surface area contributed by atoms with Gasteiger partial charge in [0.2, 0.25) is 0 Å². The standard InChI is InChI=1S/C18H17N3O3/c1-12-16-14(18(22)21-7-9-23-10-8-21)11-15(19-17(16)24-20-12)13-5-3-2-4-6-13/h2-6,11H,7-10H2,1H3. The number of nitrogens with zero attached hydrogens (tertiary/aromatic N) is 3. The van der Waals surface area contributed by atoms with E-state index < -0.39 is 0 Å². The Morgan fingerprint density at radius 2 is 1.92 bits per heavy atom. The van der Waals surface area contributed by atoms with Crippen molar-refractivity contribution in [3.63, 3.8) is 0 Å². The second kappa shape index (κ2) is 6.05. The zero-order chi connectivity index (χ0) is 16.5. The number of aromatic nitrogens is 2. The molecule has 6 heteroatoms. The second-order valence-corrected chi connectivity index (χ2v) is 5.77. The smallest absolute Gasteiger partial charge is 0.259 e. The van der Waals surface area contributed by atoms with Gasteiger partial charge >= 0.3 is 0 Å². The summed E-state index contributed by atoms with van der Waals surface area (Å²) >= 11 is 0. The molecule has 4 rings (SSSR count). The van der Waals surface area contributed by atoms with Crippen molar-refractivity contribution in [2.24, 2.45) is 0 Å². The van der Waals surface area contributed by atoms with Gasteiger partial charge in [-0.25, -0.2) is 4.98 Å². The maximum absolute atomic E-state index is 13.0. The number of fused-ring (bicyclic) bond motifs is 1. The zero-order valence-corrected chi connectivity index (χ0v) is 13.4. The SMILES string of the molecule is Cc1noc2nc(-c3ccccc3)cc(C(=O)N3CCOCC3)c12. The molecule has 1 amide bonds. The molecule has 1 aromatic carbocycles. The molecule has 0 atom stereocenters. The first-order valence-electron chi connectivity index (χ1n) is 7.93. The number of aryl methyl sites for hydroxylation is 1. The molecule has 122 valence electrons. The van der Waals surface area contributed by atoms with Gasteiger partial charge < -0.3 is 14.2 Å². The van der Waals surface area contributed by atoms with E-state index in [-0.39, 0.29) is 5.91 Å². The van der Waals surface area contributed by atoms with Crippen LogP contribution in [-0.4, -0.2) is 47.3 Å². The van der Waals surface area contributed by atoms with E-state index in [0.29, 0.717) is 54.4 Å². The predicted molar refractivity (Wildman–Crippen MR) is 88.7 cm³/mol. The normalized spacial score (nSPS) is 15.0. The molecule has 3 heterocycles. The first-order chi connectivity index (χ1) is 11.7. The fraction of sp³-hybridized carbons (Fsp3) is 0.278. The summed E-state index contributed by atoms with van der Waals surface area (Å²) in [5.74, 6) is -0.0332. The average Bonchev–Trinajstić information content (AvgIpc) is 3.03. The van der Waals surface area contributed by atoms with Crippen molar-refractivity contribution < 1.29 is 14.1 Å². The number of benzene rings is 1. The van der Waals surface area contributed by atoms with Crippen LogP contribution in [0.1, 0.15) is 16.1 Å². The third-order valence-corrected chi connectivity index (χ3v) is 4.22. The van der Waals surface area contributed by atoms with E-state index in [4.69, 9.17) is 9.26 Å². The zero-order valence-electron chi connectivity index (χ0n) is 13.4. The van der Waals surface area contributed by atoms with E-state index in [2.05, 4.69) is 10.1 Å². The Hall–Kier alpha value is -2.73. The Bertz CT molecular complexity index is 883. The van der Waals surface area contributed by atoms with Crippen LogP contribution in [-0.2, 0) is 4.74 Å². The summed E-state index contributed by atoms with van der Waals surface area (Å²) in [6.45, 7) is 4.13. The third-order valence-electron chi connectivity index (χ3n) is 4.22. The predicted octanol–water partition coefficient (Wildman–Crippen LogP) is 2.67. The second-order valence-electron chi connectivity index (χ2n) is 5.77. The number of carbonyl (C=O) groups is 1. The van der Waals surface area contributed by atoms with Crippen LogP contribution in [0.4, 0.5) is 0 Å². The molecule has 1 fully saturated rings. The molecular formula is C18H17N3O3. The minimum absolute atomic E-state index is 0.0332. The maximum Gasteiger partial charge on any atom is 0.259 e. The number of morpholine rings is 1. The quantitative estimate of drug-likeness (QED) is 0.725. The van der Waals surface area contributed by atoms with Crippen LogP contribution in [0, 0.1) is 6.92 Å². The van der Waals surface area contributed by atoms with Gasteiger partial charge in [0.15, 0.2) is 0 Å². The first kappa shape index (κ1) is 14.8. The Morgan fingerprint density at radius 1 is 1.17 bits per heavy atom. The number of carbonyl (C=O) groups excluding carboxylic acids is 1. The minimum Gasteiger partial charge on any atom is -0.378 e. The van der Waals surface area contributed by atoms with Crippen LogP contribution in [0.5, 0.6) is 0 Å². The van der Waals surface area contributed by atoms with Crippen LogP contribution in [0.15, 0.2) is 40.9 Å². The Morgan fingerprint density at radius 3 is 2.67 bits per heavy atom. The van der Waals surface area contributed by atoms with Gasteiger partial charge in [0.25, 0.3) is 11.6 Å². The summed E-state index contributed by atoms with van der Waals surface area (Å²) in [5, 5.41) is 4.67. The third kappa shape index (κ3) is 2.55. The maximum atomic E-state index is 13.0. The van der Waals surface area contributed by atoms with Crippen LogP contribution in [0.3, 0.4) is 0 Å². The van der Waals surface area contributed by atoms with Crippen LogP contribution in [0.2, 0.25) is 0 Å². The monoisotopic (exact) mass is 323 g/mol. The van der Waals surface area contributed by atoms with E-state index in [1.807, 2.05) is 43.3 Å². The van der Waals surface area contributed by atoms with E-state index in [9.17, 15) is 4.79 Å². The molecule has 2 aromatic heterocycles. The average molecular weight is 323 g/mol. The summed E-state index contributed by atoms with van der Waals surface area (Å²) < 4.78 is 10.7. The lowest BCUT2D eigenvalue weighted by molar-refractivity contribution is 0.0304. The summed E-state index contributed by atoms with van der Waals surface area (Å²) in [6.07, 6.45) is 0. The van der Waals surface area contributed by atoms with Crippen molar-refractivity contribution in [3.8, 4) is 11.3 Å². The number of hydrogen-bond acceptors (Lipinski definition) is 5. The largest absolute Gasteiger partial charge is 0.378 e. The summed E-state index contributed by atoms with van der Waals surface area (Å²) in [7, 11) is 0. The first-order valence-corrected chi connectivity index (χ1v) is 7.93. The topological polar surface area (TPSA) is 68.5 Å². The Labute approximate surface area is 139 Å². The molecule has 0 unspecified atom stereocenters. The number of hydrogen-bond donors (Lipinski definition) is 0. The number of pyridine rings is 1. The van der Waals surface area contributed by atoms with Gasteiger partial charge in [-0.2, -0.15) is 0 Å². The molecule has 0 spiro atoms. The lowest BCUT2D eigenvalue weighted by Gasteiger charge is -2.27. The molecule has 6 nitrogen and oxygen atoms in total. The van der Waals surface area contributed by atoms with Gasteiger partial charge in [0.05, 0.1) is 35.6 Å². The molecule has 1 saturated heterocycles. The van der Waals surface area contributed by atoms with Gasteiger partial charge in [-0.3, -0.25) is 4.79 Å². The van der Waals surface area contributed by atoms with Gasteiger partial charge in [0.1, 0.15) is 0 Å². The highest BCUT2D eigenvalue weighted by Gasteiger charge is 2.24. The summed E-state index contributed by atoms with van der Waals surface area (Å²) in [4.78, 5) is 19.4. The Kier molecular flexibility index (Phi) is 3.74. The van der Waals surface area contributed by atoms with Crippen LogP contribution < -0.4 is 0 Å². The molecule has 24 heavy (non-hydrogen) atoms. The molecule has 0 N–H and O–H groups in total. The summed E-state index contributed by atoms with van der Waals surface area (Å²) in [6, 6.07) is 11.6. The van der Waals surface area contributed by atoms with Gasteiger partial charge in [-0.1, -0.05) is 35.5 Å². The highest BCUT2D eigenvalue weighted by molar-refractivity contribution is 6.07. The van der Waals surface area contributed by atoms with Crippen molar-refractivity contribution in [3.05, 3.63) is 47.7 Å². The lowest BCUT2D eigenvalue weighted by Crippen LogP contribution is -2.40. The highest BCUT2D eigenvalue weighted by atomic mass is 16.5.